The van der Waals surface area contributed by atoms with Crippen LogP contribution in [-0.4, -0.2) is 47.8 Å². The maximum absolute atomic E-state index is 9.78. The minimum absolute atomic E-state index is 0.187. The van der Waals surface area contributed by atoms with Crippen LogP contribution in [0.25, 0.3) is 0 Å². The smallest absolute Gasteiger partial charge is 0.0667 e. The molecule has 1 saturated heterocycles. The Kier molecular flexibility index (Phi) is 5.73. The molecule has 2 N–H and O–H groups in total. The zero-order valence-corrected chi connectivity index (χ0v) is 11.2. The van der Waals surface area contributed by atoms with E-state index in [1.165, 1.54) is 13.0 Å². The van der Waals surface area contributed by atoms with Gasteiger partial charge in [-0.1, -0.05) is 13.8 Å². The molecule has 0 radical (unpaired) electrons. The lowest BCUT2D eigenvalue weighted by atomic mass is 10.1. The molecular formula is C13H28N2O. The predicted molar refractivity (Wildman–Crippen MR) is 68.6 cm³/mol. The minimum atomic E-state index is -0.187. The van der Waals surface area contributed by atoms with Gasteiger partial charge in [-0.3, -0.25) is 4.90 Å². The standard InChI is InChI=1S/C13H28N2O/c1-10(2)7-13(16)8-14-12-5-6-15(9-12)11(3)4/h10-14,16H,5-9H2,1-4H3. The summed E-state index contributed by atoms with van der Waals surface area (Å²) >= 11 is 0. The van der Waals surface area contributed by atoms with Crippen molar-refractivity contribution in [1.82, 2.24) is 10.2 Å². The second-order valence-corrected chi connectivity index (χ2v) is 5.77. The number of aliphatic hydroxyl groups excluding tert-OH is 1. The highest BCUT2D eigenvalue weighted by Crippen LogP contribution is 2.12. The third kappa shape index (κ3) is 4.81. The molecule has 0 aromatic rings. The summed E-state index contributed by atoms with van der Waals surface area (Å²) in [4.78, 5) is 2.49. The van der Waals surface area contributed by atoms with Crippen molar-refractivity contribution in [2.24, 2.45) is 5.92 Å². The van der Waals surface area contributed by atoms with E-state index in [0.29, 0.717) is 18.0 Å². The Balaban J connectivity index is 2.15. The highest BCUT2D eigenvalue weighted by Gasteiger charge is 2.24. The Morgan fingerprint density at radius 3 is 2.50 bits per heavy atom. The third-order valence-electron chi connectivity index (χ3n) is 3.34. The molecule has 96 valence electrons. The van der Waals surface area contributed by atoms with Gasteiger partial charge >= 0.3 is 0 Å². The van der Waals surface area contributed by atoms with Crippen LogP contribution in [0.15, 0.2) is 0 Å². The first-order valence-electron chi connectivity index (χ1n) is 6.64. The molecular weight excluding hydrogens is 200 g/mol. The van der Waals surface area contributed by atoms with Crippen molar-refractivity contribution in [1.29, 1.82) is 0 Å². The SMILES string of the molecule is CC(C)CC(O)CNC1CCN(C(C)C)C1. The fourth-order valence-electron chi connectivity index (χ4n) is 2.35. The van der Waals surface area contributed by atoms with E-state index in [2.05, 4.69) is 37.9 Å². The number of likely N-dealkylation sites (tertiary alicyclic amines) is 1. The van der Waals surface area contributed by atoms with Gasteiger partial charge in [0.1, 0.15) is 0 Å². The molecule has 1 aliphatic heterocycles. The lowest BCUT2D eigenvalue weighted by Gasteiger charge is -2.21. The summed E-state index contributed by atoms with van der Waals surface area (Å²) in [7, 11) is 0. The first-order chi connectivity index (χ1) is 7.49. The van der Waals surface area contributed by atoms with Gasteiger partial charge in [-0.15, -0.1) is 0 Å². The van der Waals surface area contributed by atoms with Crippen LogP contribution < -0.4 is 5.32 Å². The fraction of sp³-hybridized carbons (Fsp3) is 1.00. The molecule has 0 aromatic heterocycles. The summed E-state index contributed by atoms with van der Waals surface area (Å²) in [6, 6.07) is 1.22. The topological polar surface area (TPSA) is 35.5 Å². The Labute approximate surface area is 100 Å². The lowest BCUT2D eigenvalue weighted by molar-refractivity contribution is 0.142. The number of hydrogen-bond donors (Lipinski definition) is 2. The maximum Gasteiger partial charge on any atom is 0.0667 e. The van der Waals surface area contributed by atoms with Gasteiger partial charge in [0.25, 0.3) is 0 Å². The van der Waals surface area contributed by atoms with Crippen molar-refractivity contribution in [3.63, 3.8) is 0 Å². The Bertz CT molecular complexity index is 194. The molecule has 3 heteroatoms. The van der Waals surface area contributed by atoms with Crippen LogP contribution in [0.1, 0.15) is 40.5 Å². The van der Waals surface area contributed by atoms with Crippen LogP contribution in [0.5, 0.6) is 0 Å². The van der Waals surface area contributed by atoms with Gasteiger partial charge in [-0.2, -0.15) is 0 Å². The van der Waals surface area contributed by atoms with Crippen molar-refractivity contribution in [2.45, 2.75) is 58.7 Å². The number of aliphatic hydroxyl groups is 1. The molecule has 0 saturated carbocycles. The number of rotatable bonds is 6. The van der Waals surface area contributed by atoms with Gasteiger partial charge in [0.05, 0.1) is 6.10 Å². The van der Waals surface area contributed by atoms with Gasteiger partial charge in [0.15, 0.2) is 0 Å². The zero-order valence-electron chi connectivity index (χ0n) is 11.2. The zero-order chi connectivity index (χ0) is 12.1. The van der Waals surface area contributed by atoms with E-state index in [1.807, 2.05) is 0 Å². The van der Waals surface area contributed by atoms with Crippen LogP contribution in [0, 0.1) is 5.92 Å². The monoisotopic (exact) mass is 228 g/mol. The molecule has 2 atom stereocenters. The molecule has 0 bridgehead atoms. The van der Waals surface area contributed by atoms with Gasteiger partial charge < -0.3 is 10.4 Å². The molecule has 0 aromatic carbocycles. The van der Waals surface area contributed by atoms with E-state index in [4.69, 9.17) is 0 Å². The van der Waals surface area contributed by atoms with Crippen molar-refractivity contribution < 1.29 is 5.11 Å². The summed E-state index contributed by atoms with van der Waals surface area (Å²) < 4.78 is 0. The van der Waals surface area contributed by atoms with E-state index in [0.717, 1.165) is 19.5 Å². The highest BCUT2D eigenvalue weighted by atomic mass is 16.3. The molecule has 0 spiro atoms. The van der Waals surface area contributed by atoms with Gasteiger partial charge in [0.2, 0.25) is 0 Å². The Hall–Kier alpha value is -0.120. The molecule has 1 rings (SSSR count). The van der Waals surface area contributed by atoms with Crippen LogP contribution in [0.2, 0.25) is 0 Å². The van der Waals surface area contributed by atoms with Gasteiger partial charge in [-0.05, 0) is 39.2 Å². The summed E-state index contributed by atoms with van der Waals surface area (Å²) in [6.07, 6.45) is 1.92. The second-order valence-electron chi connectivity index (χ2n) is 5.77. The average molecular weight is 228 g/mol. The van der Waals surface area contributed by atoms with Crippen LogP contribution in [0.3, 0.4) is 0 Å². The maximum atomic E-state index is 9.78. The molecule has 1 heterocycles. The highest BCUT2D eigenvalue weighted by molar-refractivity contribution is 4.83. The van der Waals surface area contributed by atoms with Crippen molar-refractivity contribution >= 4 is 0 Å². The number of nitrogens with one attached hydrogen (secondary N) is 1. The molecule has 2 unspecified atom stereocenters. The largest absolute Gasteiger partial charge is 0.392 e. The fourth-order valence-corrected chi connectivity index (χ4v) is 2.35. The molecule has 3 nitrogen and oxygen atoms in total. The first kappa shape index (κ1) is 13.9. The van der Waals surface area contributed by atoms with Crippen LogP contribution in [0.4, 0.5) is 0 Å². The Morgan fingerprint density at radius 1 is 1.31 bits per heavy atom. The molecule has 1 aliphatic rings. The second kappa shape index (κ2) is 6.58. The van der Waals surface area contributed by atoms with Crippen molar-refractivity contribution in [2.75, 3.05) is 19.6 Å². The van der Waals surface area contributed by atoms with E-state index in [9.17, 15) is 5.11 Å². The normalized spacial score (nSPS) is 24.6. The third-order valence-corrected chi connectivity index (χ3v) is 3.34. The van der Waals surface area contributed by atoms with E-state index in [1.54, 1.807) is 0 Å². The molecule has 1 fully saturated rings. The summed E-state index contributed by atoms with van der Waals surface area (Å²) in [5.41, 5.74) is 0. The van der Waals surface area contributed by atoms with Gasteiger partial charge in [0, 0.05) is 25.2 Å². The van der Waals surface area contributed by atoms with Crippen LogP contribution in [-0.2, 0) is 0 Å². The average Bonchev–Trinajstić information content (AvgIpc) is 2.61. The first-order valence-corrected chi connectivity index (χ1v) is 6.64. The molecule has 0 aliphatic carbocycles. The van der Waals surface area contributed by atoms with Crippen LogP contribution >= 0.6 is 0 Å². The Morgan fingerprint density at radius 2 is 2.00 bits per heavy atom. The van der Waals surface area contributed by atoms with Crippen molar-refractivity contribution in [3.05, 3.63) is 0 Å². The molecule has 16 heavy (non-hydrogen) atoms. The minimum Gasteiger partial charge on any atom is -0.392 e. The lowest BCUT2D eigenvalue weighted by Crippen LogP contribution is -2.39. The van der Waals surface area contributed by atoms with Crippen molar-refractivity contribution in [3.8, 4) is 0 Å². The number of nitrogens with zero attached hydrogens (tertiary/aromatic N) is 1. The summed E-state index contributed by atoms with van der Waals surface area (Å²) in [5.74, 6) is 0.576. The summed E-state index contributed by atoms with van der Waals surface area (Å²) in [6.45, 7) is 11.9. The van der Waals surface area contributed by atoms with E-state index in [-0.39, 0.29) is 6.10 Å². The number of hydrogen-bond acceptors (Lipinski definition) is 3. The van der Waals surface area contributed by atoms with Gasteiger partial charge in [-0.25, -0.2) is 0 Å². The van der Waals surface area contributed by atoms with E-state index >= 15 is 0 Å². The quantitative estimate of drug-likeness (QED) is 0.722. The predicted octanol–water partition coefficient (Wildman–Crippen LogP) is 1.47. The molecule has 0 amide bonds. The van der Waals surface area contributed by atoms with E-state index < -0.39 is 0 Å². The summed E-state index contributed by atoms with van der Waals surface area (Å²) in [5, 5.41) is 13.3.